The predicted molar refractivity (Wildman–Crippen MR) is 97.9 cm³/mol. The molecule has 1 aliphatic rings. The van der Waals surface area contributed by atoms with E-state index in [1.54, 1.807) is 6.07 Å². The minimum absolute atomic E-state index is 0.633. The highest BCUT2D eigenvalue weighted by Gasteiger charge is 2.19. The van der Waals surface area contributed by atoms with Gasteiger partial charge in [-0.3, -0.25) is 4.79 Å². The van der Waals surface area contributed by atoms with E-state index in [4.69, 9.17) is 4.74 Å². The topological polar surface area (TPSA) is 29.5 Å². The smallest absolute Gasteiger partial charge is 0.153 e. The Hall–Kier alpha value is -2.29. The Labute approximate surface area is 144 Å². The van der Waals surface area contributed by atoms with Crippen LogP contribution in [-0.4, -0.2) is 26.0 Å². The maximum atomic E-state index is 11.0. The van der Waals surface area contributed by atoms with Crippen molar-refractivity contribution in [3.05, 3.63) is 60.2 Å². The minimum atomic E-state index is 0.633. The van der Waals surface area contributed by atoms with E-state index in [9.17, 15) is 4.79 Å². The molecule has 126 valence electrons. The number of rotatable bonds is 7. The Balaban J connectivity index is 1.37. The van der Waals surface area contributed by atoms with Crippen molar-refractivity contribution in [2.24, 2.45) is 5.92 Å². The number of aldehydes is 1. The highest BCUT2D eigenvalue weighted by atomic mass is 16.5. The van der Waals surface area contributed by atoms with Crippen molar-refractivity contribution in [2.75, 3.05) is 24.6 Å². The van der Waals surface area contributed by atoms with E-state index in [2.05, 4.69) is 35.2 Å². The van der Waals surface area contributed by atoms with E-state index in [0.717, 1.165) is 31.7 Å². The van der Waals surface area contributed by atoms with Crippen LogP contribution < -0.4 is 9.64 Å². The molecule has 1 heterocycles. The molecule has 3 nitrogen and oxygen atoms in total. The molecule has 0 spiro atoms. The molecule has 1 aliphatic heterocycles. The number of ether oxygens (including phenoxy) is 1. The summed E-state index contributed by atoms with van der Waals surface area (Å²) in [5, 5.41) is 0. The zero-order valence-electron chi connectivity index (χ0n) is 14.1. The summed E-state index contributed by atoms with van der Waals surface area (Å²) in [5.41, 5.74) is 1.97. The molecule has 0 amide bonds. The second kappa shape index (κ2) is 8.53. The van der Waals surface area contributed by atoms with E-state index in [-0.39, 0.29) is 0 Å². The van der Waals surface area contributed by atoms with Crippen LogP contribution in [0.2, 0.25) is 0 Å². The molecule has 0 aliphatic carbocycles. The lowest BCUT2D eigenvalue weighted by atomic mass is 9.92. The van der Waals surface area contributed by atoms with Crippen LogP contribution >= 0.6 is 0 Å². The average molecular weight is 323 g/mol. The van der Waals surface area contributed by atoms with Crippen LogP contribution in [0.25, 0.3) is 0 Å². The number of piperidine rings is 1. The van der Waals surface area contributed by atoms with Crippen LogP contribution in [0.5, 0.6) is 5.75 Å². The number of hydrogen-bond donors (Lipinski definition) is 0. The van der Waals surface area contributed by atoms with Gasteiger partial charge in [0, 0.05) is 18.8 Å². The van der Waals surface area contributed by atoms with Gasteiger partial charge in [0.25, 0.3) is 0 Å². The zero-order valence-corrected chi connectivity index (χ0v) is 14.1. The summed E-state index contributed by atoms with van der Waals surface area (Å²) >= 11 is 0. The molecule has 2 aromatic carbocycles. The van der Waals surface area contributed by atoms with Gasteiger partial charge in [-0.1, -0.05) is 30.3 Å². The van der Waals surface area contributed by atoms with Crippen LogP contribution in [-0.2, 0) is 0 Å². The van der Waals surface area contributed by atoms with E-state index in [1.165, 1.54) is 24.9 Å². The fourth-order valence-corrected chi connectivity index (χ4v) is 3.38. The van der Waals surface area contributed by atoms with Gasteiger partial charge in [-0.2, -0.15) is 0 Å². The summed E-state index contributed by atoms with van der Waals surface area (Å²) in [4.78, 5) is 13.4. The molecule has 1 saturated heterocycles. The Bertz CT molecular complexity index is 633. The van der Waals surface area contributed by atoms with Gasteiger partial charge in [0.15, 0.2) is 6.29 Å². The van der Waals surface area contributed by atoms with Gasteiger partial charge in [0.2, 0.25) is 0 Å². The van der Waals surface area contributed by atoms with Crippen molar-refractivity contribution in [3.8, 4) is 5.75 Å². The van der Waals surface area contributed by atoms with Crippen LogP contribution in [0, 0.1) is 5.92 Å². The Morgan fingerprint density at radius 3 is 2.46 bits per heavy atom. The summed E-state index contributed by atoms with van der Waals surface area (Å²) in [7, 11) is 0. The number of anilines is 1. The van der Waals surface area contributed by atoms with Crippen molar-refractivity contribution in [1.82, 2.24) is 0 Å². The summed E-state index contributed by atoms with van der Waals surface area (Å²) < 4.78 is 5.77. The molecule has 1 fully saturated rings. The fourth-order valence-electron chi connectivity index (χ4n) is 3.38. The van der Waals surface area contributed by atoms with Gasteiger partial charge >= 0.3 is 0 Å². The number of nitrogens with zero attached hydrogens (tertiary/aromatic N) is 1. The zero-order chi connectivity index (χ0) is 16.6. The van der Waals surface area contributed by atoms with Crippen molar-refractivity contribution >= 4 is 12.0 Å². The first-order valence-corrected chi connectivity index (χ1v) is 8.84. The van der Waals surface area contributed by atoms with E-state index in [0.29, 0.717) is 17.9 Å². The molecule has 3 heteroatoms. The lowest BCUT2D eigenvalue weighted by Crippen LogP contribution is -2.33. The van der Waals surface area contributed by atoms with Crippen molar-refractivity contribution in [3.63, 3.8) is 0 Å². The quantitative estimate of drug-likeness (QED) is 0.552. The van der Waals surface area contributed by atoms with Crippen molar-refractivity contribution in [2.45, 2.75) is 25.7 Å². The fraction of sp³-hybridized carbons (Fsp3) is 0.381. The molecule has 2 aromatic rings. The SMILES string of the molecule is O=Cc1ccccc1OCCCC1CCN(c2ccccc2)CC1. The number of hydrogen-bond acceptors (Lipinski definition) is 3. The van der Waals surface area contributed by atoms with Gasteiger partial charge in [0.1, 0.15) is 5.75 Å². The first kappa shape index (κ1) is 16.6. The molecule has 0 bridgehead atoms. The minimum Gasteiger partial charge on any atom is -0.493 e. The third-order valence-corrected chi connectivity index (χ3v) is 4.80. The normalized spacial score (nSPS) is 15.2. The number of benzene rings is 2. The maximum absolute atomic E-state index is 11.0. The van der Waals surface area contributed by atoms with Crippen molar-refractivity contribution in [1.29, 1.82) is 0 Å². The molecule has 0 N–H and O–H groups in total. The van der Waals surface area contributed by atoms with Gasteiger partial charge in [-0.25, -0.2) is 0 Å². The molecule has 3 rings (SSSR count). The second-order valence-electron chi connectivity index (χ2n) is 6.41. The third kappa shape index (κ3) is 4.38. The highest BCUT2D eigenvalue weighted by molar-refractivity contribution is 5.79. The van der Waals surface area contributed by atoms with E-state index in [1.807, 2.05) is 18.2 Å². The highest BCUT2D eigenvalue weighted by Crippen LogP contribution is 2.26. The molecule has 0 saturated carbocycles. The summed E-state index contributed by atoms with van der Waals surface area (Å²) in [5.74, 6) is 1.49. The third-order valence-electron chi connectivity index (χ3n) is 4.80. The van der Waals surface area contributed by atoms with Gasteiger partial charge < -0.3 is 9.64 Å². The first-order valence-electron chi connectivity index (χ1n) is 8.84. The molecule has 0 atom stereocenters. The number of para-hydroxylation sites is 2. The molecule has 0 radical (unpaired) electrons. The monoisotopic (exact) mass is 323 g/mol. The average Bonchev–Trinajstić information content (AvgIpc) is 2.67. The molecule has 0 aromatic heterocycles. The van der Waals surface area contributed by atoms with Crippen LogP contribution in [0.15, 0.2) is 54.6 Å². The Kier molecular flexibility index (Phi) is 5.89. The Morgan fingerprint density at radius 2 is 1.71 bits per heavy atom. The van der Waals surface area contributed by atoms with Crippen LogP contribution in [0.3, 0.4) is 0 Å². The van der Waals surface area contributed by atoms with E-state index >= 15 is 0 Å². The van der Waals surface area contributed by atoms with Gasteiger partial charge in [-0.05, 0) is 55.9 Å². The molecular weight excluding hydrogens is 298 g/mol. The standard InChI is InChI=1S/C21H25NO2/c23-17-19-8-4-5-11-21(19)24-16-6-7-18-12-14-22(15-13-18)20-9-2-1-3-10-20/h1-5,8-11,17-18H,6-7,12-16H2. The van der Waals surface area contributed by atoms with Crippen LogP contribution in [0.1, 0.15) is 36.0 Å². The first-order chi connectivity index (χ1) is 11.9. The molecular formula is C21H25NO2. The van der Waals surface area contributed by atoms with E-state index < -0.39 is 0 Å². The van der Waals surface area contributed by atoms with Crippen molar-refractivity contribution < 1.29 is 9.53 Å². The lowest BCUT2D eigenvalue weighted by Gasteiger charge is -2.33. The van der Waals surface area contributed by atoms with Gasteiger partial charge in [0.05, 0.1) is 12.2 Å². The van der Waals surface area contributed by atoms with Gasteiger partial charge in [-0.15, -0.1) is 0 Å². The maximum Gasteiger partial charge on any atom is 0.153 e. The second-order valence-corrected chi connectivity index (χ2v) is 6.41. The lowest BCUT2D eigenvalue weighted by molar-refractivity contribution is 0.111. The molecule has 0 unspecified atom stereocenters. The van der Waals surface area contributed by atoms with Crippen LogP contribution in [0.4, 0.5) is 5.69 Å². The summed E-state index contributed by atoms with van der Waals surface area (Å²) in [6.07, 6.45) is 5.60. The Morgan fingerprint density at radius 1 is 1.00 bits per heavy atom. The summed E-state index contributed by atoms with van der Waals surface area (Å²) in [6.45, 7) is 2.97. The number of carbonyl (C=O) groups excluding carboxylic acids is 1. The molecule has 24 heavy (non-hydrogen) atoms. The predicted octanol–water partition coefficient (Wildman–Crippen LogP) is 4.57. The summed E-state index contributed by atoms with van der Waals surface area (Å²) in [6, 6.07) is 18.1. The number of carbonyl (C=O) groups is 1. The largest absolute Gasteiger partial charge is 0.493 e.